The van der Waals surface area contributed by atoms with Crippen LogP contribution in [0.4, 0.5) is 0 Å². The van der Waals surface area contributed by atoms with Gasteiger partial charge in [0.2, 0.25) is 0 Å². The quantitative estimate of drug-likeness (QED) is 0.384. The summed E-state index contributed by atoms with van der Waals surface area (Å²) < 4.78 is 0. The summed E-state index contributed by atoms with van der Waals surface area (Å²) in [6.45, 7) is 0. The van der Waals surface area contributed by atoms with Crippen molar-refractivity contribution in [2.75, 3.05) is 0 Å². The number of halogens is 4. The first-order valence-corrected chi connectivity index (χ1v) is 0. The third kappa shape index (κ3) is 34.6. The van der Waals surface area contributed by atoms with E-state index in [4.69, 9.17) is 0 Å². The minimum atomic E-state index is 0. The molecule has 0 saturated carbocycles. The Kier molecular flexibility index (Phi) is 336. The molecule has 0 spiro atoms. The Bertz CT molecular complexity index is 11.7. The fourth-order valence-corrected chi connectivity index (χ4v) is 0. The van der Waals surface area contributed by atoms with Gasteiger partial charge in [0, 0.05) is 0 Å². The molecule has 0 aliphatic carbocycles. The summed E-state index contributed by atoms with van der Waals surface area (Å²) in [4.78, 5) is 0. The zero-order chi connectivity index (χ0) is 0. The van der Waals surface area contributed by atoms with E-state index in [0.717, 1.165) is 0 Å². The molecule has 0 atom stereocenters. The van der Waals surface area contributed by atoms with Crippen molar-refractivity contribution < 1.29 is 131 Å². The maximum atomic E-state index is 0. The molecule has 7 heavy (non-hydrogen) atoms. The third-order valence-corrected chi connectivity index (χ3v) is 0. The van der Waals surface area contributed by atoms with Gasteiger partial charge in [-0.05, 0) is 0 Å². The van der Waals surface area contributed by atoms with Crippen LogP contribution in [0, 0.1) is 0 Å². The average Bonchev–Trinajstić information content (AvgIpc) is 0. The Morgan fingerprint density at radius 2 is 0.571 bits per heavy atom. The second-order valence-corrected chi connectivity index (χ2v) is 0. The van der Waals surface area contributed by atoms with E-state index in [1.54, 1.807) is 0 Å². The molecule has 0 aromatic carbocycles. The maximum absolute atomic E-state index is 0. The van der Waals surface area contributed by atoms with Crippen LogP contribution in [-0.4, -0.2) is 48.9 Å². The van der Waals surface area contributed by atoms with Crippen molar-refractivity contribution >= 4 is 48.9 Å². The van der Waals surface area contributed by atoms with E-state index < -0.39 is 0 Å². The number of hydrogen-bond acceptors (Lipinski definition) is 0. The summed E-state index contributed by atoms with van der Waals surface area (Å²) in [5, 5.41) is 0. The maximum Gasteiger partial charge on any atom is 2.00 e. The van der Waals surface area contributed by atoms with Crippen LogP contribution in [0.1, 0.15) is 0 Å². The van der Waals surface area contributed by atoms with E-state index in [1.165, 1.54) is 0 Å². The molecule has 0 aliphatic heterocycles. The predicted octanol–water partition coefficient (Wildman–Crippen LogP) is -18.4. The second-order valence-electron chi connectivity index (χ2n) is 0. The Balaban J connectivity index is 0. The molecular weight excluding hydrogens is 341 g/mol. The van der Waals surface area contributed by atoms with Gasteiger partial charge in [-0.2, -0.15) is 0 Å². The molecule has 0 heterocycles. The monoisotopic (exact) mass is 340 g/mol. The SMILES string of the molecule is [Ba+2].[Cl-].[Cl-].[Cl-].[Cl-].[K+].[Na+]. The summed E-state index contributed by atoms with van der Waals surface area (Å²) in [5.41, 5.74) is 0. The largest absolute Gasteiger partial charge is 2.00 e. The fourth-order valence-electron chi connectivity index (χ4n) is 0. The van der Waals surface area contributed by atoms with Crippen molar-refractivity contribution in [3.05, 3.63) is 0 Å². The molecule has 0 rings (SSSR count). The van der Waals surface area contributed by atoms with Crippen LogP contribution < -0.4 is 131 Å². The number of hydrogen-bond donors (Lipinski definition) is 0. The fraction of sp³-hybridized carbons (Fsp3) is 0. The van der Waals surface area contributed by atoms with Gasteiger partial charge in [0.15, 0.2) is 0 Å². The molecule has 0 aliphatic rings. The molecule has 7 heteroatoms. The van der Waals surface area contributed by atoms with Crippen molar-refractivity contribution in [3.8, 4) is 0 Å². The van der Waals surface area contributed by atoms with E-state index in [2.05, 4.69) is 0 Å². The zero-order valence-electron chi connectivity index (χ0n) is 4.22. The van der Waals surface area contributed by atoms with Crippen molar-refractivity contribution in [3.63, 3.8) is 0 Å². The van der Waals surface area contributed by atoms with Crippen molar-refractivity contribution in [1.82, 2.24) is 0 Å². The van der Waals surface area contributed by atoms with Gasteiger partial charge in [-0.3, -0.25) is 0 Å². The summed E-state index contributed by atoms with van der Waals surface area (Å²) in [6, 6.07) is 0. The summed E-state index contributed by atoms with van der Waals surface area (Å²) >= 11 is 0. The second kappa shape index (κ2) is 42.4. The van der Waals surface area contributed by atoms with Crippen molar-refractivity contribution in [2.24, 2.45) is 0 Å². The Morgan fingerprint density at radius 1 is 0.571 bits per heavy atom. The molecule has 0 saturated heterocycles. The average molecular weight is 341 g/mol. The molecule has 32 valence electrons. The van der Waals surface area contributed by atoms with Crippen molar-refractivity contribution in [1.29, 1.82) is 0 Å². The molecule has 0 aromatic heterocycles. The van der Waals surface area contributed by atoms with E-state index >= 15 is 0 Å². The van der Waals surface area contributed by atoms with E-state index in [-0.39, 0.29) is 179 Å². The molecule has 0 N–H and O–H groups in total. The molecule has 0 radical (unpaired) electrons. The van der Waals surface area contributed by atoms with Crippen LogP contribution in [-0.2, 0) is 0 Å². The van der Waals surface area contributed by atoms with Crippen LogP contribution in [0.2, 0.25) is 0 Å². The first-order chi connectivity index (χ1) is 0. The van der Waals surface area contributed by atoms with Gasteiger partial charge in [-0.25, -0.2) is 0 Å². The topological polar surface area (TPSA) is 0 Å². The van der Waals surface area contributed by atoms with Gasteiger partial charge in [-0.1, -0.05) is 0 Å². The predicted molar refractivity (Wildman–Crippen MR) is 5.75 cm³/mol. The summed E-state index contributed by atoms with van der Waals surface area (Å²) in [7, 11) is 0. The van der Waals surface area contributed by atoms with Gasteiger partial charge in [0.05, 0.1) is 0 Å². The van der Waals surface area contributed by atoms with Gasteiger partial charge in [-0.15, -0.1) is 0 Å². The molecular formula is BaCl4KNa. The van der Waals surface area contributed by atoms with Gasteiger partial charge < -0.3 is 49.6 Å². The minimum absolute atomic E-state index is 0. The van der Waals surface area contributed by atoms with Crippen LogP contribution in [0.3, 0.4) is 0 Å². The third-order valence-electron chi connectivity index (χ3n) is 0. The smallest absolute Gasteiger partial charge is 1.00 e. The van der Waals surface area contributed by atoms with E-state index in [0.29, 0.717) is 0 Å². The van der Waals surface area contributed by atoms with Crippen molar-refractivity contribution in [2.45, 2.75) is 0 Å². The van der Waals surface area contributed by atoms with Crippen LogP contribution in [0.25, 0.3) is 0 Å². The normalized spacial score (nSPS) is 0. The standard InChI is InChI=1S/Ba.4ClH.K.Na/h;4*1H;;/q+2;;;;;2*+1/p-4. The molecule has 0 aromatic rings. The Labute approximate surface area is 174 Å². The van der Waals surface area contributed by atoms with Gasteiger partial charge >= 0.3 is 130 Å². The molecule has 0 nitrogen and oxygen atoms in total. The first kappa shape index (κ1) is 55.5. The Hall–Kier alpha value is 5.37. The number of rotatable bonds is 0. The molecule has 0 fully saturated rings. The summed E-state index contributed by atoms with van der Waals surface area (Å²) in [5.74, 6) is 0. The molecule has 0 amide bonds. The first-order valence-electron chi connectivity index (χ1n) is 0. The van der Waals surface area contributed by atoms with E-state index in [9.17, 15) is 0 Å². The van der Waals surface area contributed by atoms with Gasteiger partial charge in [0.25, 0.3) is 0 Å². The molecule has 0 unspecified atom stereocenters. The van der Waals surface area contributed by atoms with E-state index in [1.807, 2.05) is 0 Å². The zero-order valence-corrected chi connectivity index (χ0v) is 16.8. The summed E-state index contributed by atoms with van der Waals surface area (Å²) in [6.07, 6.45) is 0. The minimum Gasteiger partial charge on any atom is -1.00 e. The van der Waals surface area contributed by atoms with Crippen LogP contribution >= 0.6 is 0 Å². The van der Waals surface area contributed by atoms with Crippen LogP contribution in [0.5, 0.6) is 0 Å². The van der Waals surface area contributed by atoms with Crippen LogP contribution in [0.15, 0.2) is 0 Å². The van der Waals surface area contributed by atoms with Gasteiger partial charge in [0.1, 0.15) is 0 Å². The molecule has 0 bridgehead atoms. The Morgan fingerprint density at radius 3 is 0.571 bits per heavy atom.